The molecule has 0 unspecified atom stereocenters. The number of sulfone groups is 1. The Morgan fingerprint density at radius 1 is 1.04 bits per heavy atom. The Morgan fingerprint density at radius 2 is 1.65 bits per heavy atom. The van der Waals surface area contributed by atoms with Gasteiger partial charge in [-0.05, 0) is 55.9 Å². The summed E-state index contributed by atoms with van der Waals surface area (Å²) in [5.41, 5.74) is 8.18. The predicted molar refractivity (Wildman–Crippen MR) is 95.7 cm³/mol. The van der Waals surface area contributed by atoms with Crippen LogP contribution in [0.2, 0.25) is 0 Å². The van der Waals surface area contributed by atoms with E-state index >= 15 is 0 Å². The SMILES string of the molecule is NC1CCC(CNc2ccc(N3CCS(=O)(=O)CC3)cc2)CC1. The van der Waals surface area contributed by atoms with E-state index in [1.165, 1.54) is 12.8 Å². The van der Waals surface area contributed by atoms with Crippen molar-refractivity contribution in [2.24, 2.45) is 11.7 Å². The zero-order valence-electron chi connectivity index (χ0n) is 13.6. The van der Waals surface area contributed by atoms with Crippen LogP contribution >= 0.6 is 0 Å². The molecule has 1 aliphatic carbocycles. The zero-order valence-corrected chi connectivity index (χ0v) is 14.4. The molecule has 0 bridgehead atoms. The quantitative estimate of drug-likeness (QED) is 0.877. The van der Waals surface area contributed by atoms with Crippen molar-refractivity contribution < 1.29 is 8.42 Å². The number of hydrogen-bond donors (Lipinski definition) is 2. The van der Waals surface area contributed by atoms with Gasteiger partial charge in [-0.3, -0.25) is 0 Å². The van der Waals surface area contributed by atoms with Gasteiger partial charge >= 0.3 is 0 Å². The van der Waals surface area contributed by atoms with Crippen molar-refractivity contribution in [3.05, 3.63) is 24.3 Å². The van der Waals surface area contributed by atoms with E-state index in [0.717, 1.165) is 36.7 Å². The lowest BCUT2D eigenvalue weighted by Crippen LogP contribution is -2.40. The van der Waals surface area contributed by atoms with Gasteiger partial charge in [0.1, 0.15) is 0 Å². The van der Waals surface area contributed by atoms with Gasteiger partial charge in [0.05, 0.1) is 11.5 Å². The first-order valence-corrected chi connectivity index (χ1v) is 10.4. The lowest BCUT2D eigenvalue weighted by molar-refractivity contribution is 0.339. The highest BCUT2D eigenvalue weighted by atomic mass is 32.2. The number of nitrogens with zero attached hydrogens (tertiary/aromatic N) is 1. The van der Waals surface area contributed by atoms with Gasteiger partial charge in [-0.15, -0.1) is 0 Å². The van der Waals surface area contributed by atoms with Gasteiger partial charge in [-0.2, -0.15) is 0 Å². The van der Waals surface area contributed by atoms with Crippen molar-refractivity contribution in [3.8, 4) is 0 Å². The van der Waals surface area contributed by atoms with Crippen LogP contribution in [0.5, 0.6) is 0 Å². The molecule has 0 amide bonds. The molecule has 5 nitrogen and oxygen atoms in total. The van der Waals surface area contributed by atoms with Crippen LogP contribution in [0.15, 0.2) is 24.3 Å². The molecule has 1 saturated heterocycles. The van der Waals surface area contributed by atoms with Crippen molar-refractivity contribution >= 4 is 21.2 Å². The molecule has 0 atom stereocenters. The summed E-state index contributed by atoms with van der Waals surface area (Å²) in [5, 5.41) is 3.52. The second-order valence-electron chi connectivity index (χ2n) is 6.85. The number of nitrogens with one attached hydrogen (secondary N) is 1. The maximum atomic E-state index is 11.5. The lowest BCUT2D eigenvalue weighted by atomic mass is 9.86. The van der Waals surface area contributed by atoms with Gasteiger partial charge in [0.15, 0.2) is 9.84 Å². The number of rotatable bonds is 4. The summed E-state index contributed by atoms with van der Waals surface area (Å²) in [6.07, 6.45) is 4.72. The number of hydrogen-bond acceptors (Lipinski definition) is 5. The maximum absolute atomic E-state index is 11.5. The minimum Gasteiger partial charge on any atom is -0.385 e. The smallest absolute Gasteiger partial charge is 0.153 e. The van der Waals surface area contributed by atoms with Crippen molar-refractivity contribution in [1.29, 1.82) is 0 Å². The Hall–Kier alpha value is -1.27. The van der Waals surface area contributed by atoms with E-state index in [1.54, 1.807) is 0 Å². The Bertz CT molecular complexity index is 593. The van der Waals surface area contributed by atoms with Gasteiger partial charge in [0.25, 0.3) is 0 Å². The normalized spacial score (nSPS) is 27.6. The van der Waals surface area contributed by atoms with Gasteiger partial charge in [0, 0.05) is 37.1 Å². The molecule has 3 rings (SSSR count). The van der Waals surface area contributed by atoms with Crippen LogP contribution in [0.4, 0.5) is 11.4 Å². The lowest BCUT2D eigenvalue weighted by Gasteiger charge is -2.29. The van der Waals surface area contributed by atoms with Gasteiger partial charge in [0.2, 0.25) is 0 Å². The first-order chi connectivity index (χ1) is 11.0. The first kappa shape index (κ1) is 16.6. The molecule has 23 heavy (non-hydrogen) atoms. The zero-order chi connectivity index (χ0) is 16.3. The highest BCUT2D eigenvalue weighted by Crippen LogP contribution is 2.24. The summed E-state index contributed by atoms with van der Waals surface area (Å²) in [4.78, 5) is 2.15. The third-order valence-corrected chi connectivity index (χ3v) is 6.67. The monoisotopic (exact) mass is 337 g/mol. The Labute approximate surface area is 139 Å². The molecule has 2 aliphatic rings. The molecule has 1 heterocycles. The standard InChI is InChI=1S/C17H27N3O2S/c18-15-3-1-14(2-4-15)13-19-16-5-7-17(8-6-16)20-9-11-23(21,22)12-10-20/h5-8,14-15,19H,1-4,9-13,18H2. The Kier molecular flexibility index (Phi) is 5.11. The highest BCUT2D eigenvalue weighted by molar-refractivity contribution is 7.91. The van der Waals surface area contributed by atoms with Crippen LogP contribution in [0, 0.1) is 5.92 Å². The second-order valence-corrected chi connectivity index (χ2v) is 9.15. The van der Waals surface area contributed by atoms with Crippen LogP contribution in [-0.2, 0) is 9.84 Å². The molecule has 1 saturated carbocycles. The molecule has 0 aromatic heterocycles. The van der Waals surface area contributed by atoms with Gasteiger partial charge in [-0.25, -0.2) is 8.42 Å². The maximum Gasteiger partial charge on any atom is 0.153 e. The summed E-state index contributed by atoms with van der Waals surface area (Å²) in [7, 11) is -2.82. The number of nitrogens with two attached hydrogens (primary N) is 1. The second kappa shape index (κ2) is 7.09. The van der Waals surface area contributed by atoms with Crippen LogP contribution in [0.1, 0.15) is 25.7 Å². The molecule has 1 aromatic carbocycles. The van der Waals surface area contributed by atoms with E-state index in [4.69, 9.17) is 5.73 Å². The van der Waals surface area contributed by atoms with Crippen LogP contribution in [0.25, 0.3) is 0 Å². The molecule has 0 spiro atoms. The minimum absolute atomic E-state index is 0.261. The summed E-state index contributed by atoms with van der Waals surface area (Å²) in [6, 6.07) is 8.74. The van der Waals surface area contributed by atoms with E-state index < -0.39 is 9.84 Å². The van der Waals surface area contributed by atoms with E-state index in [1.807, 2.05) is 0 Å². The van der Waals surface area contributed by atoms with Gasteiger partial charge in [-0.1, -0.05) is 0 Å². The average Bonchev–Trinajstić information content (AvgIpc) is 2.55. The first-order valence-electron chi connectivity index (χ1n) is 8.57. The van der Waals surface area contributed by atoms with Crippen LogP contribution in [0.3, 0.4) is 0 Å². The highest BCUT2D eigenvalue weighted by Gasteiger charge is 2.21. The van der Waals surface area contributed by atoms with Gasteiger partial charge < -0.3 is 16.0 Å². The molecular formula is C17H27N3O2S. The molecule has 0 radical (unpaired) electrons. The summed E-state index contributed by atoms with van der Waals surface area (Å²) >= 11 is 0. The predicted octanol–water partition coefficient (Wildman–Crippen LogP) is 1.85. The topological polar surface area (TPSA) is 75.4 Å². The average molecular weight is 337 g/mol. The summed E-state index contributed by atoms with van der Waals surface area (Å²) in [5.74, 6) is 1.25. The molecule has 128 valence electrons. The molecule has 2 fully saturated rings. The van der Waals surface area contributed by atoms with Crippen molar-refractivity contribution in [2.75, 3.05) is 41.4 Å². The Morgan fingerprint density at radius 3 is 2.26 bits per heavy atom. The molecule has 3 N–H and O–H groups in total. The fourth-order valence-corrected chi connectivity index (χ4v) is 4.62. The Balaban J connectivity index is 1.49. The van der Waals surface area contributed by atoms with Crippen molar-refractivity contribution in [1.82, 2.24) is 0 Å². The van der Waals surface area contributed by atoms with E-state index in [2.05, 4.69) is 34.5 Å². The van der Waals surface area contributed by atoms with E-state index in [9.17, 15) is 8.42 Å². The molecular weight excluding hydrogens is 310 g/mol. The number of anilines is 2. The van der Waals surface area contributed by atoms with E-state index in [-0.39, 0.29) is 11.5 Å². The molecule has 6 heteroatoms. The van der Waals surface area contributed by atoms with Crippen LogP contribution < -0.4 is 16.0 Å². The van der Waals surface area contributed by atoms with Crippen molar-refractivity contribution in [2.45, 2.75) is 31.7 Å². The fraction of sp³-hybridized carbons (Fsp3) is 0.647. The van der Waals surface area contributed by atoms with E-state index in [0.29, 0.717) is 19.1 Å². The van der Waals surface area contributed by atoms with Crippen molar-refractivity contribution in [3.63, 3.8) is 0 Å². The summed E-state index contributed by atoms with van der Waals surface area (Å²) in [6.45, 7) is 2.20. The minimum atomic E-state index is -2.82. The summed E-state index contributed by atoms with van der Waals surface area (Å²) < 4.78 is 23.0. The molecule has 1 aliphatic heterocycles. The third kappa shape index (κ3) is 4.61. The number of benzene rings is 1. The largest absolute Gasteiger partial charge is 0.385 e. The fourth-order valence-electron chi connectivity index (χ4n) is 3.42. The third-order valence-electron chi connectivity index (χ3n) is 5.06. The van der Waals surface area contributed by atoms with Crippen LogP contribution in [-0.4, -0.2) is 45.6 Å². The molecule has 1 aromatic rings.